The van der Waals surface area contributed by atoms with Gasteiger partial charge in [0, 0.05) is 23.2 Å². The molecule has 0 fully saturated rings. The first-order valence-electron chi connectivity index (χ1n) is 11.0. The Bertz CT molecular complexity index is 1700. The number of nitro groups is 1. The van der Waals surface area contributed by atoms with Gasteiger partial charge in [0.1, 0.15) is 17.1 Å². The molecule has 0 bridgehead atoms. The Morgan fingerprint density at radius 1 is 1.03 bits per heavy atom. The molecule has 194 valence electrons. The van der Waals surface area contributed by atoms with Gasteiger partial charge in [0.25, 0.3) is 11.6 Å². The van der Waals surface area contributed by atoms with Gasteiger partial charge >= 0.3 is 0 Å². The lowest BCUT2D eigenvalue weighted by Crippen LogP contribution is -2.18. The van der Waals surface area contributed by atoms with Crippen LogP contribution in [0.15, 0.2) is 87.9 Å². The molecule has 4 aromatic carbocycles. The molecule has 0 saturated carbocycles. The fourth-order valence-electron chi connectivity index (χ4n) is 3.62. The number of azo groups is 1. The van der Waals surface area contributed by atoms with E-state index in [1.165, 1.54) is 62.7 Å². The number of ether oxygens (including phenoxy) is 1. The zero-order valence-corrected chi connectivity index (χ0v) is 20.9. The van der Waals surface area contributed by atoms with Gasteiger partial charge in [-0.25, -0.2) is 13.1 Å². The second kappa shape index (κ2) is 10.6. The van der Waals surface area contributed by atoms with Crippen molar-refractivity contribution < 1.29 is 28.0 Å². The molecular formula is C25H21N5O7S. The number of sulfonamides is 1. The summed E-state index contributed by atoms with van der Waals surface area (Å²) < 4.78 is 32.0. The minimum atomic E-state index is -3.78. The highest BCUT2D eigenvalue weighted by Gasteiger charge is 2.20. The van der Waals surface area contributed by atoms with Gasteiger partial charge in [-0.15, -0.1) is 10.2 Å². The number of nitrogens with zero attached hydrogens (tertiary/aromatic N) is 3. The standard InChI is InChI=1S/C25H21N5O7S/c1-26-38(35,36)18-10-11-22(37-2)21(14-18)28-29-23-19-9-4-3-6-15(19)12-20(24(23)31)25(32)27-16-7-5-8-17(13-16)30(33)34/h3-14,26,31H,1-2H3,(H,27,32). The summed E-state index contributed by atoms with van der Waals surface area (Å²) in [5.74, 6) is -0.995. The third kappa shape index (κ3) is 5.28. The minimum Gasteiger partial charge on any atom is -0.505 e. The van der Waals surface area contributed by atoms with Crippen LogP contribution in [0.1, 0.15) is 10.4 Å². The van der Waals surface area contributed by atoms with Crippen molar-refractivity contribution in [3.63, 3.8) is 0 Å². The number of nitrogens with one attached hydrogen (secondary N) is 2. The molecule has 0 aliphatic heterocycles. The molecule has 0 aromatic heterocycles. The van der Waals surface area contributed by atoms with E-state index in [2.05, 4.69) is 20.3 Å². The maximum absolute atomic E-state index is 13.1. The van der Waals surface area contributed by atoms with Crippen LogP contribution >= 0.6 is 0 Å². The number of nitro benzene ring substituents is 1. The molecule has 12 nitrogen and oxygen atoms in total. The van der Waals surface area contributed by atoms with E-state index in [-0.39, 0.29) is 39.0 Å². The third-order valence-corrected chi connectivity index (χ3v) is 6.95. The Kier molecular flexibility index (Phi) is 7.32. The Morgan fingerprint density at radius 2 is 1.79 bits per heavy atom. The fraction of sp³-hybridized carbons (Fsp3) is 0.0800. The quantitative estimate of drug-likeness (QED) is 0.161. The summed E-state index contributed by atoms with van der Waals surface area (Å²) in [5.41, 5.74) is -0.179. The molecule has 0 radical (unpaired) electrons. The van der Waals surface area contributed by atoms with Crippen LogP contribution in [0.4, 0.5) is 22.7 Å². The van der Waals surface area contributed by atoms with Crippen LogP contribution in [0.25, 0.3) is 10.8 Å². The van der Waals surface area contributed by atoms with Crippen LogP contribution < -0.4 is 14.8 Å². The van der Waals surface area contributed by atoms with Crippen molar-refractivity contribution >= 4 is 49.5 Å². The van der Waals surface area contributed by atoms with Crippen LogP contribution in [0.5, 0.6) is 11.5 Å². The molecule has 4 aromatic rings. The van der Waals surface area contributed by atoms with Crippen molar-refractivity contribution in [1.29, 1.82) is 0 Å². The SMILES string of the molecule is CNS(=O)(=O)c1ccc(OC)c(N=Nc2c(O)c(C(=O)Nc3cccc([N+](=O)[O-])c3)cc3ccccc23)c1. The van der Waals surface area contributed by atoms with Crippen LogP contribution in [0, 0.1) is 10.1 Å². The molecule has 0 spiro atoms. The number of hydrogen-bond acceptors (Lipinski definition) is 9. The maximum atomic E-state index is 13.1. The monoisotopic (exact) mass is 535 g/mol. The predicted octanol–water partition coefficient (Wildman–Crippen LogP) is 5.04. The molecule has 38 heavy (non-hydrogen) atoms. The first-order valence-corrected chi connectivity index (χ1v) is 12.5. The average Bonchev–Trinajstić information content (AvgIpc) is 2.92. The second-order valence-electron chi connectivity index (χ2n) is 7.85. The lowest BCUT2D eigenvalue weighted by atomic mass is 10.0. The van der Waals surface area contributed by atoms with Gasteiger partial charge in [-0.2, -0.15) is 0 Å². The summed E-state index contributed by atoms with van der Waals surface area (Å²) in [6, 6.07) is 17.7. The van der Waals surface area contributed by atoms with E-state index in [4.69, 9.17) is 4.74 Å². The highest BCUT2D eigenvalue weighted by Crippen LogP contribution is 2.41. The van der Waals surface area contributed by atoms with Crippen molar-refractivity contribution in [2.45, 2.75) is 4.90 Å². The number of hydrogen-bond donors (Lipinski definition) is 3. The van der Waals surface area contributed by atoms with E-state index in [1.54, 1.807) is 24.3 Å². The van der Waals surface area contributed by atoms with E-state index in [1.807, 2.05) is 0 Å². The zero-order valence-electron chi connectivity index (χ0n) is 20.1. The van der Waals surface area contributed by atoms with Crippen molar-refractivity contribution in [1.82, 2.24) is 4.72 Å². The summed E-state index contributed by atoms with van der Waals surface area (Å²) in [5, 5.41) is 34.0. The topological polar surface area (TPSA) is 173 Å². The molecule has 1 amide bonds. The zero-order chi connectivity index (χ0) is 27.4. The summed E-state index contributed by atoms with van der Waals surface area (Å²) in [6.45, 7) is 0. The van der Waals surface area contributed by atoms with Crippen molar-refractivity contribution in [2.75, 3.05) is 19.5 Å². The minimum absolute atomic E-state index is 0.0452. The molecule has 0 atom stereocenters. The Hall–Kier alpha value is -4.88. The number of phenolic OH excluding ortho intramolecular Hbond substituents is 1. The number of rotatable bonds is 8. The van der Waals surface area contributed by atoms with Gasteiger partial charge in [0.15, 0.2) is 5.75 Å². The molecule has 0 aliphatic carbocycles. The Balaban J connectivity index is 1.79. The number of methoxy groups -OCH3 is 1. The number of carbonyl (C=O) groups excluding carboxylic acids is 1. The summed E-state index contributed by atoms with van der Waals surface area (Å²) in [6.07, 6.45) is 0. The maximum Gasteiger partial charge on any atom is 0.271 e. The molecular weight excluding hydrogens is 514 g/mol. The number of aromatic hydroxyl groups is 1. The smallest absolute Gasteiger partial charge is 0.271 e. The van der Waals surface area contributed by atoms with Gasteiger partial charge in [0.05, 0.1) is 22.5 Å². The largest absolute Gasteiger partial charge is 0.505 e. The molecule has 0 saturated heterocycles. The van der Waals surface area contributed by atoms with Gasteiger partial charge in [0.2, 0.25) is 10.0 Å². The van der Waals surface area contributed by atoms with E-state index in [9.17, 15) is 28.4 Å². The van der Waals surface area contributed by atoms with Crippen LogP contribution in [0.3, 0.4) is 0 Å². The van der Waals surface area contributed by atoms with Crippen LogP contribution in [-0.4, -0.2) is 38.5 Å². The molecule has 3 N–H and O–H groups in total. The van der Waals surface area contributed by atoms with Gasteiger partial charge < -0.3 is 15.2 Å². The van der Waals surface area contributed by atoms with Gasteiger partial charge in [-0.1, -0.05) is 30.3 Å². The van der Waals surface area contributed by atoms with Crippen molar-refractivity contribution in [3.05, 3.63) is 88.5 Å². The lowest BCUT2D eigenvalue weighted by molar-refractivity contribution is -0.384. The predicted molar refractivity (Wildman–Crippen MR) is 140 cm³/mol. The highest BCUT2D eigenvalue weighted by atomic mass is 32.2. The molecule has 0 unspecified atom stereocenters. The van der Waals surface area contributed by atoms with Crippen molar-refractivity contribution in [3.8, 4) is 11.5 Å². The first kappa shape index (κ1) is 26.2. The summed E-state index contributed by atoms with van der Waals surface area (Å²) in [7, 11) is -1.13. The van der Waals surface area contributed by atoms with E-state index >= 15 is 0 Å². The molecule has 4 rings (SSSR count). The van der Waals surface area contributed by atoms with E-state index in [0.29, 0.717) is 10.8 Å². The Labute approximate surface area is 216 Å². The number of non-ortho nitro benzene ring substituents is 1. The number of amides is 1. The van der Waals surface area contributed by atoms with Crippen LogP contribution in [-0.2, 0) is 10.0 Å². The normalized spacial score (nSPS) is 11.5. The lowest BCUT2D eigenvalue weighted by Gasteiger charge is -2.11. The molecule has 0 aliphatic rings. The Morgan fingerprint density at radius 3 is 2.50 bits per heavy atom. The van der Waals surface area contributed by atoms with E-state index < -0.39 is 26.6 Å². The highest BCUT2D eigenvalue weighted by molar-refractivity contribution is 7.89. The van der Waals surface area contributed by atoms with Crippen LogP contribution in [0.2, 0.25) is 0 Å². The average molecular weight is 536 g/mol. The van der Waals surface area contributed by atoms with Crippen molar-refractivity contribution in [2.24, 2.45) is 10.2 Å². The number of carbonyl (C=O) groups is 1. The summed E-state index contributed by atoms with van der Waals surface area (Å²) in [4.78, 5) is 23.5. The third-order valence-electron chi connectivity index (χ3n) is 5.54. The fourth-order valence-corrected chi connectivity index (χ4v) is 4.37. The summed E-state index contributed by atoms with van der Waals surface area (Å²) >= 11 is 0. The number of phenols is 1. The first-order chi connectivity index (χ1) is 18.1. The number of anilines is 1. The van der Waals surface area contributed by atoms with E-state index in [0.717, 1.165) is 0 Å². The second-order valence-corrected chi connectivity index (χ2v) is 9.73. The van der Waals surface area contributed by atoms with Gasteiger partial charge in [-0.05, 0) is 42.8 Å². The molecule has 13 heteroatoms. The molecule has 0 heterocycles. The number of fused-ring (bicyclic) bond motifs is 1. The van der Waals surface area contributed by atoms with Gasteiger partial charge in [-0.3, -0.25) is 14.9 Å². The number of benzene rings is 4.